The topological polar surface area (TPSA) is 78.9 Å². The van der Waals surface area contributed by atoms with Crippen molar-refractivity contribution in [1.29, 1.82) is 0 Å². The van der Waals surface area contributed by atoms with Crippen molar-refractivity contribution in [1.82, 2.24) is 10.6 Å². The van der Waals surface area contributed by atoms with Gasteiger partial charge in [-0.25, -0.2) is 10.2 Å². The van der Waals surface area contributed by atoms with E-state index in [-0.39, 0.29) is 5.57 Å². The highest BCUT2D eigenvalue weighted by atomic mass is 16.7. The smallest absolute Gasteiger partial charge is 0.327 e. The normalized spacial score (nSPS) is 18.9. The number of carbonyl (C=O) groups excluding carboxylic acids is 1. The summed E-state index contributed by atoms with van der Waals surface area (Å²) in [6.45, 7) is 0.722. The average Bonchev–Trinajstić information content (AvgIpc) is 3.05. The molecule has 1 fully saturated rings. The van der Waals surface area contributed by atoms with Gasteiger partial charge in [-0.1, -0.05) is 42.5 Å². The van der Waals surface area contributed by atoms with Crippen LogP contribution in [0.5, 0.6) is 0 Å². The number of fused-ring (bicyclic) bond motifs is 3. The van der Waals surface area contributed by atoms with Crippen LogP contribution in [-0.4, -0.2) is 34.8 Å². The van der Waals surface area contributed by atoms with Crippen molar-refractivity contribution in [2.75, 3.05) is 6.54 Å². The maximum atomic E-state index is 11.3. The molecular weight excluding hydrogens is 332 g/mol. The molecule has 1 aliphatic heterocycles. The van der Waals surface area contributed by atoms with Crippen LogP contribution >= 0.6 is 0 Å². The van der Waals surface area contributed by atoms with E-state index in [1.54, 1.807) is 5.94 Å². The Morgan fingerprint density at radius 1 is 1.23 bits per heavy atom. The predicted molar refractivity (Wildman–Crippen MR) is 94.6 cm³/mol. The third-order valence-corrected chi connectivity index (χ3v) is 4.91. The van der Waals surface area contributed by atoms with Crippen LogP contribution in [-0.2, 0) is 27.5 Å². The summed E-state index contributed by atoms with van der Waals surface area (Å²) in [7, 11) is 0. The number of hydrogen-bond acceptors (Lipinski definition) is 5. The van der Waals surface area contributed by atoms with Crippen molar-refractivity contribution in [2.45, 2.75) is 25.5 Å². The fraction of sp³-hybridized carbons (Fsp3) is 0.250. The summed E-state index contributed by atoms with van der Waals surface area (Å²) in [6, 6.07) is 13.4. The van der Waals surface area contributed by atoms with Crippen LogP contribution in [0.3, 0.4) is 0 Å². The summed E-state index contributed by atoms with van der Waals surface area (Å²) in [6.07, 6.45) is 1.18. The summed E-state index contributed by atoms with van der Waals surface area (Å²) in [4.78, 5) is 27.9. The predicted octanol–water partition coefficient (Wildman–Crippen LogP) is 2.11. The molecule has 2 N–H and O–H groups in total. The molecule has 0 aromatic heterocycles. The van der Waals surface area contributed by atoms with Gasteiger partial charge in [0.2, 0.25) is 0 Å². The summed E-state index contributed by atoms with van der Waals surface area (Å²) in [5.74, 6) is 0.597. The van der Waals surface area contributed by atoms with Crippen LogP contribution in [0.15, 0.2) is 48.0 Å². The summed E-state index contributed by atoms with van der Waals surface area (Å²) in [5.41, 5.74) is 9.03. The standard InChI is InChI=1S/C20H18N2O4/c23-11-14-8-9-22(21-19(14)20(24)25)26-12-15-5-3-7-17-16-6-2-1-4-13(16)10-18(15)17/h1-7,19,21H,8-10,12H2,(H,24,25). The zero-order valence-electron chi connectivity index (χ0n) is 14.1. The Kier molecular flexibility index (Phi) is 4.41. The summed E-state index contributed by atoms with van der Waals surface area (Å²) >= 11 is 0. The molecule has 0 saturated carbocycles. The Labute approximate surface area is 150 Å². The number of hydroxylamine groups is 1. The van der Waals surface area contributed by atoms with Crippen LogP contribution in [0.4, 0.5) is 0 Å². The molecule has 132 valence electrons. The number of hydrazine groups is 1. The highest BCUT2D eigenvalue weighted by Crippen LogP contribution is 2.38. The van der Waals surface area contributed by atoms with Gasteiger partial charge in [-0.2, -0.15) is 0 Å². The van der Waals surface area contributed by atoms with Crippen molar-refractivity contribution in [3.05, 3.63) is 64.7 Å². The van der Waals surface area contributed by atoms with E-state index >= 15 is 0 Å². The van der Waals surface area contributed by atoms with E-state index in [2.05, 4.69) is 23.6 Å². The molecule has 2 aromatic carbocycles. The molecule has 4 rings (SSSR count). The molecule has 1 aliphatic carbocycles. The lowest BCUT2D eigenvalue weighted by Gasteiger charge is -2.31. The first-order chi connectivity index (χ1) is 12.7. The minimum absolute atomic E-state index is 0.202. The zero-order chi connectivity index (χ0) is 18.1. The minimum Gasteiger partial charge on any atom is -0.480 e. The summed E-state index contributed by atoms with van der Waals surface area (Å²) in [5, 5.41) is 10.6. The van der Waals surface area contributed by atoms with E-state index in [9.17, 15) is 14.7 Å². The lowest BCUT2D eigenvalue weighted by molar-refractivity contribution is -0.218. The zero-order valence-corrected chi connectivity index (χ0v) is 14.1. The second kappa shape index (κ2) is 6.86. The number of hydrogen-bond donors (Lipinski definition) is 2. The van der Waals surface area contributed by atoms with Crippen LogP contribution in [0.2, 0.25) is 0 Å². The van der Waals surface area contributed by atoms with Crippen molar-refractivity contribution in [2.24, 2.45) is 0 Å². The Bertz CT molecular complexity index is 918. The lowest BCUT2D eigenvalue weighted by atomic mass is 10.0. The number of nitrogens with one attached hydrogen (secondary N) is 1. The Morgan fingerprint density at radius 2 is 2.04 bits per heavy atom. The fourth-order valence-electron chi connectivity index (χ4n) is 3.57. The fourth-order valence-corrected chi connectivity index (χ4v) is 3.57. The van der Waals surface area contributed by atoms with Crippen molar-refractivity contribution < 1.29 is 19.5 Å². The van der Waals surface area contributed by atoms with Gasteiger partial charge in [0, 0.05) is 12.1 Å². The van der Waals surface area contributed by atoms with Crippen LogP contribution in [0, 0.1) is 0 Å². The van der Waals surface area contributed by atoms with Crippen LogP contribution in [0.1, 0.15) is 23.1 Å². The first-order valence-corrected chi connectivity index (χ1v) is 8.49. The van der Waals surface area contributed by atoms with Gasteiger partial charge >= 0.3 is 5.97 Å². The second-order valence-corrected chi connectivity index (χ2v) is 6.43. The number of benzene rings is 2. The molecule has 0 amide bonds. The number of carbonyl (C=O) groups is 1. The van der Waals surface area contributed by atoms with E-state index in [1.165, 1.54) is 27.4 Å². The maximum absolute atomic E-state index is 11.3. The Hall–Kier alpha value is -2.76. The molecule has 0 bridgehead atoms. The lowest BCUT2D eigenvalue weighted by Crippen LogP contribution is -2.53. The van der Waals surface area contributed by atoms with Gasteiger partial charge in [-0.05, 0) is 40.7 Å². The maximum Gasteiger partial charge on any atom is 0.327 e. The molecule has 1 unspecified atom stereocenters. The number of nitrogens with zero attached hydrogens (tertiary/aromatic N) is 1. The Balaban J connectivity index is 1.49. The van der Waals surface area contributed by atoms with Gasteiger partial charge < -0.3 is 5.11 Å². The van der Waals surface area contributed by atoms with E-state index < -0.39 is 12.0 Å². The van der Waals surface area contributed by atoms with Gasteiger partial charge in [0.25, 0.3) is 0 Å². The Morgan fingerprint density at radius 3 is 2.85 bits per heavy atom. The first kappa shape index (κ1) is 16.7. The molecule has 6 nitrogen and oxygen atoms in total. The minimum atomic E-state index is -1.12. The van der Waals surface area contributed by atoms with E-state index in [0.29, 0.717) is 19.6 Å². The molecule has 1 heterocycles. The number of rotatable bonds is 4. The van der Waals surface area contributed by atoms with Crippen LogP contribution in [0.25, 0.3) is 11.1 Å². The highest BCUT2D eigenvalue weighted by Gasteiger charge is 2.31. The number of carboxylic acid groups (broad SMARTS) is 1. The van der Waals surface area contributed by atoms with Gasteiger partial charge in [0.15, 0.2) is 6.04 Å². The van der Waals surface area contributed by atoms with Crippen molar-refractivity contribution >= 4 is 11.9 Å². The molecule has 2 aliphatic rings. The van der Waals surface area contributed by atoms with Gasteiger partial charge in [-0.3, -0.25) is 9.63 Å². The van der Waals surface area contributed by atoms with Crippen molar-refractivity contribution in [3.8, 4) is 11.1 Å². The largest absolute Gasteiger partial charge is 0.480 e. The van der Waals surface area contributed by atoms with Gasteiger partial charge in [0.1, 0.15) is 5.94 Å². The average molecular weight is 350 g/mol. The van der Waals surface area contributed by atoms with Crippen molar-refractivity contribution in [3.63, 3.8) is 0 Å². The number of aliphatic carboxylic acids is 1. The quantitative estimate of drug-likeness (QED) is 0.702. The second-order valence-electron chi connectivity index (χ2n) is 6.43. The van der Waals surface area contributed by atoms with Gasteiger partial charge in [-0.15, -0.1) is 5.17 Å². The highest BCUT2D eigenvalue weighted by molar-refractivity contribution is 5.81. The van der Waals surface area contributed by atoms with E-state index in [1.807, 2.05) is 24.3 Å². The molecule has 26 heavy (non-hydrogen) atoms. The first-order valence-electron chi connectivity index (χ1n) is 8.49. The molecular formula is C20H18N2O4. The molecule has 0 radical (unpaired) electrons. The molecule has 1 saturated heterocycles. The number of carboxylic acids is 1. The molecule has 2 aromatic rings. The third kappa shape index (κ3) is 2.96. The molecule has 1 atom stereocenters. The van der Waals surface area contributed by atoms with Crippen LogP contribution < -0.4 is 5.43 Å². The van der Waals surface area contributed by atoms with Gasteiger partial charge in [0.05, 0.1) is 6.61 Å². The third-order valence-electron chi connectivity index (χ3n) is 4.91. The molecule has 6 heteroatoms. The molecule has 0 spiro atoms. The summed E-state index contributed by atoms with van der Waals surface area (Å²) < 4.78 is 0. The monoisotopic (exact) mass is 350 g/mol. The van der Waals surface area contributed by atoms with E-state index in [4.69, 9.17) is 4.84 Å². The van der Waals surface area contributed by atoms with E-state index in [0.717, 1.165) is 12.0 Å². The SMILES string of the molecule is O=C=C1CCN(OCc2cccc3c2Cc2ccccc2-3)NC1C(=O)O.